The van der Waals surface area contributed by atoms with Crippen molar-refractivity contribution < 1.29 is 0 Å². The Morgan fingerprint density at radius 2 is 1.93 bits per heavy atom. The first-order chi connectivity index (χ1) is 13.8. The highest BCUT2D eigenvalue weighted by molar-refractivity contribution is 6.02. The molecule has 5 rings (SSSR count). The van der Waals surface area contributed by atoms with Crippen molar-refractivity contribution in [3.05, 3.63) is 48.3 Å². The summed E-state index contributed by atoms with van der Waals surface area (Å²) in [4.78, 5) is 12.8. The third-order valence-electron chi connectivity index (χ3n) is 5.91. The normalized spacial score (nSPS) is 15.2. The van der Waals surface area contributed by atoms with Crippen molar-refractivity contribution in [2.45, 2.75) is 51.0 Å². The molecular formula is C23H23N5. The number of nitrogens with zero attached hydrogens (tertiary/aromatic N) is 4. The molecule has 1 N–H and O–H groups in total. The molecule has 4 aromatic rings. The van der Waals surface area contributed by atoms with Crippen molar-refractivity contribution in [3.8, 4) is 17.5 Å². The molecule has 0 unspecified atom stereocenters. The van der Waals surface area contributed by atoms with E-state index in [0.717, 1.165) is 34.4 Å². The molecule has 1 aliphatic carbocycles. The summed E-state index contributed by atoms with van der Waals surface area (Å²) >= 11 is 0. The van der Waals surface area contributed by atoms with Crippen LogP contribution in [0, 0.1) is 11.3 Å². The van der Waals surface area contributed by atoms with E-state index in [1.165, 1.54) is 43.2 Å². The third kappa shape index (κ3) is 2.86. The average molecular weight is 369 g/mol. The fourth-order valence-electron chi connectivity index (χ4n) is 4.51. The van der Waals surface area contributed by atoms with Gasteiger partial charge in [-0.2, -0.15) is 5.26 Å². The number of rotatable bonds is 4. The minimum atomic E-state index is 0.479. The molecule has 0 spiro atoms. The summed E-state index contributed by atoms with van der Waals surface area (Å²) in [6.45, 7) is 0. The number of benzene rings is 1. The molecular weight excluding hydrogens is 346 g/mol. The number of pyridine rings is 1. The van der Waals surface area contributed by atoms with Crippen molar-refractivity contribution in [2.24, 2.45) is 0 Å². The van der Waals surface area contributed by atoms with Gasteiger partial charge in [-0.05, 0) is 30.9 Å². The number of fused-ring (bicyclic) bond motifs is 3. The summed E-state index contributed by atoms with van der Waals surface area (Å²) < 4.78 is 2.47. The van der Waals surface area contributed by atoms with E-state index >= 15 is 0 Å². The molecule has 1 aromatic carbocycles. The summed E-state index contributed by atoms with van der Waals surface area (Å²) in [5, 5.41) is 9.96. The highest BCUT2D eigenvalue weighted by Crippen LogP contribution is 2.37. The van der Waals surface area contributed by atoms with Crippen molar-refractivity contribution >= 4 is 22.1 Å². The zero-order valence-electron chi connectivity index (χ0n) is 15.9. The number of aryl methyl sites for hydroxylation is 1. The zero-order chi connectivity index (χ0) is 18.9. The van der Waals surface area contributed by atoms with Crippen molar-refractivity contribution in [1.29, 1.82) is 5.26 Å². The van der Waals surface area contributed by atoms with Gasteiger partial charge in [-0.15, -0.1) is 0 Å². The molecule has 140 valence electrons. The number of imidazole rings is 1. The van der Waals surface area contributed by atoms with Crippen LogP contribution in [0.3, 0.4) is 0 Å². The van der Waals surface area contributed by atoms with Gasteiger partial charge in [0.15, 0.2) is 0 Å². The van der Waals surface area contributed by atoms with Gasteiger partial charge in [-0.1, -0.05) is 43.5 Å². The Balaban J connectivity index is 1.68. The molecule has 0 saturated heterocycles. The number of nitriles is 1. The number of H-pyrrole nitrogens is 1. The first-order valence-electron chi connectivity index (χ1n) is 10.2. The van der Waals surface area contributed by atoms with E-state index in [2.05, 4.69) is 50.9 Å². The van der Waals surface area contributed by atoms with Crippen LogP contribution in [0.2, 0.25) is 0 Å². The summed E-state index contributed by atoms with van der Waals surface area (Å²) in [5.41, 5.74) is 5.40. The third-order valence-corrected chi connectivity index (χ3v) is 5.91. The minimum Gasteiger partial charge on any atom is -0.346 e. The molecule has 0 aliphatic heterocycles. The maximum atomic E-state index is 8.82. The Bertz CT molecular complexity index is 1150. The second kappa shape index (κ2) is 7.12. The van der Waals surface area contributed by atoms with E-state index < -0.39 is 0 Å². The van der Waals surface area contributed by atoms with E-state index in [9.17, 15) is 0 Å². The quantitative estimate of drug-likeness (QED) is 0.513. The lowest BCUT2D eigenvalue weighted by molar-refractivity contribution is 0.362. The lowest BCUT2D eigenvalue weighted by Gasteiger charge is -2.26. The fourth-order valence-corrected chi connectivity index (χ4v) is 4.51. The molecule has 3 aromatic heterocycles. The van der Waals surface area contributed by atoms with Crippen LogP contribution in [0.5, 0.6) is 0 Å². The first-order valence-corrected chi connectivity index (χ1v) is 10.2. The number of hydrogen-bond acceptors (Lipinski definition) is 3. The smallest absolute Gasteiger partial charge is 0.141 e. The molecule has 3 heterocycles. The van der Waals surface area contributed by atoms with Crippen LogP contribution < -0.4 is 0 Å². The number of nitrogens with one attached hydrogen (secondary N) is 1. The van der Waals surface area contributed by atoms with E-state index in [4.69, 9.17) is 10.2 Å². The van der Waals surface area contributed by atoms with Gasteiger partial charge in [0.1, 0.15) is 17.0 Å². The topological polar surface area (TPSA) is 70.3 Å². The van der Waals surface area contributed by atoms with Crippen LogP contribution in [0.1, 0.15) is 50.1 Å². The Kier molecular flexibility index (Phi) is 4.32. The Hall–Kier alpha value is -3.13. The number of aromatic nitrogens is 4. The molecule has 1 saturated carbocycles. The largest absolute Gasteiger partial charge is 0.346 e. The molecule has 5 nitrogen and oxygen atoms in total. The summed E-state index contributed by atoms with van der Waals surface area (Å²) in [5.74, 6) is 1.03. The molecule has 0 radical (unpaired) electrons. The Labute approximate surface area is 164 Å². The molecule has 1 fully saturated rings. The van der Waals surface area contributed by atoms with Crippen molar-refractivity contribution in [3.63, 3.8) is 0 Å². The lowest BCUT2D eigenvalue weighted by Crippen LogP contribution is -2.14. The maximum absolute atomic E-state index is 8.82. The van der Waals surface area contributed by atoms with E-state index in [1.54, 1.807) is 0 Å². The SMILES string of the molecule is N#CCCc1ccc(-c2nc3cnc4[nH]ccc4c3n2C2CCCCC2)cc1. The second-order valence-corrected chi connectivity index (χ2v) is 7.68. The highest BCUT2D eigenvalue weighted by atomic mass is 15.1. The molecule has 0 bridgehead atoms. The standard InChI is InChI=1S/C23H23N5/c24-13-4-5-16-8-10-17(11-9-16)23-27-20-15-26-22-19(12-14-25-22)21(20)28(23)18-6-2-1-3-7-18/h8-12,14-15,18H,1-7H2,(H,25,26). The van der Waals surface area contributed by atoms with Crippen molar-refractivity contribution in [2.75, 3.05) is 0 Å². The zero-order valence-corrected chi connectivity index (χ0v) is 15.9. The Morgan fingerprint density at radius 3 is 2.71 bits per heavy atom. The average Bonchev–Trinajstić information content (AvgIpc) is 3.37. The monoisotopic (exact) mass is 369 g/mol. The van der Waals surface area contributed by atoms with E-state index in [-0.39, 0.29) is 0 Å². The van der Waals surface area contributed by atoms with Crippen LogP contribution in [-0.2, 0) is 6.42 Å². The van der Waals surface area contributed by atoms with Gasteiger partial charge in [0.25, 0.3) is 0 Å². The molecule has 28 heavy (non-hydrogen) atoms. The minimum absolute atomic E-state index is 0.479. The van der Waals surface area contributed by atoms with Crippen LogP contribution in [0.15, 0.2) is 42.7 Å². The predicted molar refractivity (Wildman–Crippen MR) is 111 cm³/mol. The maximum Gasteiger partial charge on any atom is 0.141 e. The number of hydrogen-bond donors (Lipinski definition) is 1. The van der Waals surface area contributed by atoms with Crippen molar-refractivity contribution in [1.82, 2.24) is 19.5 Å². The van der Waals surface area contributed by atoms with Gasteiger partial charge in [0.2, 0.25) is 0 Å². The lowest BCUT2D eigenvalue weighted by atomic mass is 9.94. The summed E-state index contributed by atoms with van der Waals surface area (Å²) in [6.07, 6.45) is 11.5. The molecule has 5 heteroatoms. The molecule has 0 amide bonds. The van der Waals surface area contributed by atoms with Crippen LogP contribution in [-0.4, -0.2) is 19.5 Å². The van der Waals surface area contributed by atoms with Gasteiger partial charge >= 0.3 is 0 Å². The second-order valence-electron chi connectivity index (χ2n) is 7.68. The summed E-state index contributed by atoms with van der Waals surface area (Å²) in [7, 11) is 0. The van der Waals surface area contributed by atoms with Crippen LogP contribution in [0.4, 0.5) is 0 Å². The number of aromatic amines is 1. The van der Waals surface area contributed by atoms with Crippen LogP contribution in [0.25, 0.3) is 33.5 Å². The Morgan fingerprint density at radius 1 is 1.11 bits per heavy atom. The van der Waals surface area contributed by atoms with Crippen LogP contribution >= 0.6 is 0 Å². The highest BCUT2D eigenvalue weighted by Gasteiger charge is 2.24. The van der Waals surface area contributed by atoms with Gasteiger partial charge in [0, 0.05) is 29.6 Å². The van der Waals surface area contributed by atoms with E-state index in [1.807, 2.05) is 12.4 Å². The van der Waals surface area contributed by atoms with Gasteiger partial charge in [-0.3, -0.25) is 0 Å². The summed E-state index contributed by atoms with van der Waals surface area (Å²) in [6, 6.07) is 13.4. The first kappa shape index (κ1) is 17.0. The van der Waals surface area contributed by atoms with Gasteiger partial charge < -0.3 is 9.55 Å². The predicted octanol–water partition coefficient (Wildman–Crippen LogP) is 5.54. The molecule has 0 atom stereocenters. The van der Waals surface area contributed by atoms with E-state index in [0.29, 0.717) is 12.5 Å². The van der Waals surface area contributed by atoms with Gasteiger partial charge in [-0.25, -0.2) is 9.97 Å². The van der Waals surface area contributed by atoms with Gasteiger partial charge in [0.05, 0.1) is 17.8 Å². The fraction of sp³-hybridized carbons (Fsp3) is 0.348. The molecule has 1 aliphatic rings.